The molecule has 2 aromatic heterocycles. The van der Waals surface area contributed by atoms with Crippen LogP contribution in [-0.2, 0) is 19.5 Å². The van der Waals surface area contributed by atoms with Crippen molar-refractivity contribution in [2.75, 3.05) is 16.9 Å². The first-order chi connectivity index (χ1) is 9.83. The second kappa shape index (κ2) is 5.46. The summed E-state index contributed by atoms with van der Waals surface area (Å²) in [5, 5.41) is 0. The summed E-state index contributed by atoms with van der Waals surface area (Å²) in [5.41, 5.74) is 3.76. The maximum atomic E-state index is 5.56. The van der Waals surface area contributed by atoms with E-state index in [0.29, 0.717) is 5.82 Å². The summed E-state index contributed by atoms with van der Waals surface area (Å²) in [7, 11) is 0. The van der Waals surface area contributed by atoms with Gasteiger partial charge in [0.2, 0.25) is 0 Å². The molecular formula is C13H19N7. The van der Waals surface area contributed by atoms with E-state index < -0.39 is 0 Å². The number of rotatable bonds is 4. The van der Waals surface area contributed by atoms with Crippen molar-refractivity contribution in [1.82, 2.24) is 19.5 Å². The van der Waals surface area contributed by atoms with Crippen LogP contribution in [0.5, 0.6) is 0 Å². The predicted octanol–water partition coefficient (Wildman–Crippen LogP) is 0.931. The molecule has 1 aliphatic rings. The van der Waals surface area contributed by atoms with Gasteiger partial charge in [0.15, 0.2) is 0 Å². The smallest absolute Gasteiger partial charge is 0.148 e. The summed E-state index contributed by atoms with van der Waals surface area (Å²) in [6, 6.07) is 0. The average molecular weight is 273 g/mol. The number of nitrogen functional groups attached to an aromatic ring is 1. The van der Waals surface area contributed by atoms with Gasteiger partial charge in [-0.15, -0.1) is 0 Å². The van der Waals surface area contributed by atoms with E-state index in [0.717, 1.165) is 49.7 Å². The second-order valence-electron chi connectivity index (χ2n) is 4.88. The molecule has 0 atom stereocenters. The van der Waals surface area contributed by atoms with Gasteiger partial charge in [0, 0.05) is 31.0 Å². The van der Waals surface area contributed by atoms with Crippen LogP contribution in [0.15, 0.2) is 18.7 Å². The number of hydrogen-bond acceptors (Lipinski definition) is 6. The molecular weight excluding hydrogens is 254 g/mol. The predicted molar refractivity (Wildman–Crippen MR) is 77.1 cm³/mol. The highest BCUT2D eigenvalue weighted by Crippen LogP contribution is 2.27. The minimum Gasteiger partial charge on any atom is -0.347 e. The first-order valence-corrected chi connectivity index (χ1v) is 6.89. The maximum Gasteiger partial charge on any atom is 0.148 e. The summed E-state index contributed by atoms with van der Waals surface area (Å²) in [4.78, 5) is 15.3. The maximum absolute atomic E-state index is 5.56. The van der Waals surface area contributed by atoms with Crippen LogP contribution in [0, 0.1) is 0 Å². The summed E-state index contributed by atoms with van der Waals surface area (Å²) < 4.78 is 2.18. The van der Waals surface area contributed by atoms with Crippen molar-refractivity contribution in [2.45, 2.75) is 32.9 Å². The van der Waals surface area contributed by atoms with Crippen LogP contribution in [0.2, 0.25) is 0 Å². The van der Waals surface area contributed by atoms with Crippen molar-refractivity contribution in [2.24, 2.45) is 5.84 Å². The van der Waals surface area contributed by atoms with Gasteiger partial charge in [0.05, 0.1) is 6.54 Å². The normalized spacial score (nSPS) is 14.2. The molecule has 0 saturated heterocycles. The Morgan fingerprint density at radius 2 is 2.20 bits per heavy atom. The van der Waals surface area contributed by atoms with Gasteiger partial charge in [-0.25, -0.2) is 20.8 Å². The van der Waals surface area contributed by atoms with Gasteiger partial charge in [0.25, 0.3) is 0 Å². The lowest BCUT2D eigenvalue weighted by Crippen LogP contribution is -2.35. The van der Waals surface area contributed by atoms with Gasteiger partial charge in [-0.2, -0.15) is 0 Å². The molecule has 7 nitrogen and oxygen atoms in total. The van der Waals surface area contributed by atoms with Gasteiger partial charge < -0.3 is 14.9 Å². The number of hydrazine groups is 1. The van der Waals surface area contributed by atoms with Gasteiger partial charge in [-0.3, -0.25) is 0 Å². The minimum absolute atomic E-state index is 0.714. The molecule has 0 saturated carbocycles. The Bertz CT molecular complexity index is 592. The topological polar surface area (TPSA) is 84.9 Å². The van der Waals surface area contributed by atoms with E-state index in [-0.39, 0.29) is 0 Å². The summed E-state index contributed by atoms with van der Waals surface area (Å²) >= 11 is 0. The number of nitrogens with one attached hydrogen (secondary N) is 1. The number of imidazole rings is 1. The zero-order valence-corrected chi connectivity index (χ0v) is 11.6. The summed E-state index contributed by atoms with van der Waals surface area (Å²) in [6.45, 7) is 4.75. The fraction of sp³-hybridized carbons (Fsp3) is 0.462. The molecule has 0 fully saturated rings. The Kier molecular flexibility index (Phi) is 3.51. The fourth-order valence-electron chi connectivity index (χ4n) is 2.63. The third-order valence-electron chi connectivity index (χ3n) is 3.60. The van der Waals surface area contributed by atoms with Gasteiger partial charge in [0.1, 0.15) is 23.8 Å². The van der Waals surface area contributed by atoms with Gasteiger partial charge >= 0.3 is 0 Å². The lowest BCUT2D eigenvalue weighted by atomic mass is 10.1. The Balaban J connectivity index is 1.94. The molecule has 0 bridgehead atoms. The molecule has 3 N–H and O–H groups in total. The highest BCUT2D eigenvalue weighted by molar-refractivity contribution is 5.58. The SMILES string of the molecule is CCCc1c(NN)ncnc1N1CCn2ccnc2C1. The van der Waals surface area contributed by atoms with Crippen LogP contribution in [0.25, 0.3) is 0 Å². The van der Waals surface area contributed by atoms with Crippen LogP contribution in [-0.4, -0.2) is 26.1 Å². The van der Waals surface area contributed by atoms with Crippen LogP contribution < -0.4 is 16.2 Å². The molecule has 1 aliphatic heterocycles. The second-order valence-corrected chi connectivity index (χ2v) is 4.88. The molecule has 0 aromatic carbocycles. The molecule has 20 heavy (non-hydrogen) atoms. The molecule has 0 radical (unpaired) electrons. The molecule has 2 aromatic rings. The van der Waals surface area contributed by atoms with E-state index in [4.69, 9.17) is 5.84 Å². The summed E-state index contributed by atoms with van der Waals surface area (Å²) in [6.07, 6.45) is 7.36. The minimum atomic E-state index is 0.714. The first kappa shape index (κ1) is 12.9. The van der Waals surface area contributed by atoms with Crippen molar-refractivity contribution in [3.8, 4) is 0 Å². The first-order valence-electron chi connectivity index (χ1n) is 6.89. The van der Waals surface area contributed by atoms with Gasteiger partial charge in [-0.1, -0.05) is 13.3 Å². The number of anilines is 2. The highest BCUT2D eigenvalue weighted by Gasteiger charge is 2.21. The zero-order valence-electron chi connectivity index (χ0n) is 11.6. The van der Waals surface area contributed by atoms with Crippen LogP contribution in [0.4, 0.5) is 11.6 Å². The van der Waals surface area contributed by atoms with E-state index in [1.807, 2.05) is 12.4 Å². The lowest BCUT2D eigenvalue weighted by molar-refractivity contribution is 0.554. The Hall–Kier alpha value is -2.15. The molecule has 3 rings (SSSR count). The monoisotopic (exact) mass is 273 g/mol. The number of hydrogen-bond donors (Lipinski definition) is 2. The molecule has 0 unspecified atom stereocenters. The van der Waals surface area contributed by atoms with Crippen molar-refractivity contribution in [3.63, 3.8) is 0 Å². The lowest BCUT2D eigenvalue weighted by Gasteiger charge is -2.30. The van der Waals surface area contributed by atoms with Crippen molar-refractivity contribution < 1.29 is 0 Å². The molecule has 3 heterocycles. The molecule has 0 aliphatic carbocycles. The molecule has 0 spiro atoms. The quantitative estimate of drug-likeness (QED) is 0.637. The zero-order chi connectivity index (χ0) is 13.9. The van der Waals surface area contributed by atoms with E-state index in [1.165, 1.54) is 0 Å². The van der Waals surface area contributed by atoms with E-state index in [1.54, 1.807) is 6.33 Å². The number of nitrogens with two attached hydrogens (primary N) is 1. The number of nitrogens with zero attached hydrogens (tertiary/aromatic N) is 5. The molecule has 0 amide bonds. The van der Waals surface area contributed by atoms with Crippen molar-refractivity contribution >= 4 is 11.6 Å². The van der Waals surface area contributed by atoms with E-state index in [2.05, 4.69) is 36.8 Å². The van der Waals surface area contributed by atoms with E-state index >= 15 is 0 Å². The molecule has 106 valence electrons. The van der Waals surface area contributed by atoms with Crippen molar-refractivity contribution in [1.29, 1.82) is 0 Å². The number of fused-ring (bicyclic) bond motifs is 1. The van der Waals surface area contributed by atoms with Gasteiger partial charge in [-0.05, 0) is 6.42 Å². The molecule has 7 heteroatoms. The number of aromatic nitrogens is 4. The Morgan fingerprint density at radius 1 is 1.30 bits per heavy atom. The third-order valence-corrected chi connectivity index (χ3v) is 3.60. The van der Waals surface area contributed by atoms with Crippen molar-refractivity contribution in [3.05, 3.63) is 30.1 Å². The average Bonchev–Trinajstić information content (AvgIpc) is 2.95. The Morgan fingerprint density at radius 3 is 3.00 bits per heavy atom. The van der Waals surface area contributed by atoms with Crippen LogP contribution >= 0.6 is 0 Å². The fourth-order valence-corrected chi connectivity index (χ4v) is 2.63. The van der Waals surface area contributed by atoms with E-state index in [9.17, 15) is 0 Å². The van der Waals surface area contributed by atoms with Crippen LogP contribution in [0.1, 0.15) is 24.7 Å². The standard InChI is InChI=1S/C13H19N7/c1-2-3-10-12(18-14)16-9-17-13(10)20-7-6-19-5-4-15-11(19)8-20/h4-5,9H,2-3,6-8,14H2,1H3,(H,16,17,18). The summed E-state index contributed by atoms with van der Waals surface area (Å²) in [5.74, 6) is 8.31. The largest absolute Gasteiger partial charge is 0.347 e. The third kappa shape index (κ3) is 2.20. The Labute approximate surface area is 117 Å². The van der Waals surface area contributed by atoms with Crippen LogP contribution in [0.3, 0.4) is 0 Å². The highest BCUT2D eigenvalue weighted by atomic mass is 15.3.